The minimum absolute atomic E-state index is 0.0551. The first-order chi connectivity index (χ1) is 7.11. The predicted molar refractivity (Wildman–Crippen MR) is 58.9 cm³/mol. The van der Waals surface area contributed by atoms with Gasteiger partial charge in [-0.3, -0.25) is 14.5 Å². The predicted octanol–water partition coefficient (Wildman–Crippen LogP) is 0.988. The molecule has 1 saturated heterocycles. The van der Waals surface area contributed by atoms with E-state index >= 15 is 0 Å². The van der Waals surface area contributed by atoms with Crippen LogP contribution in [0, 0.1) is 0 Å². The molecule has 2 heterocycles. The van der Waals surface area contributed by atoms with Gasteiger partial charge in [-0.2, -0.15) is 11.3 Å². The molecule has 0 radical (unpaired) electrons. The van der Waals surface area contributed by atoms with E-state index in [-0.39, 0.29) is 11.8 Å². The van der Waals surface area contributed by atoms with Gasteiger partial charge in [-0.15, -0.1) is 0 Å². The van der Waals surface area contributed by atoms with Gasteiger partial charge >= 0.3 is 0 Å². The molecule has 0 aromatic carbocycles. The Kier molecular flexibility index (Phi) is 2.48. The fourth-order valence-corrected chi connectivity index (χ4v) is 2.29. The third-order valence-corrected chi connectivity index (χ3v) is 3.19. The van der Waals surface area contributed by atoms with E-state index in [1.807, 2.05) is 16.8 Å². The molecular formula is C10H12N2O2S. The molecule has 1 aliphatic heterocycles. The van der Waals surface area contributed by atoms with E-state index in [0.29, 0.717) is 0 Å². The van der Waals surface area contributed by atoms with E-state index in [0.717, 1.165) is 5.69 Å². The van der Waals surface area contributed by atoms with Crippen molar-refractivity contribution in [1.29, 1.82) is 0 Å². The molecule has 2 rings (SSSR count). The number of rotatable bonds is 1. The Labute approximate surface area is 91.9 Å². The summed E-state index contributed by atoms with van der Waals surface area (Å²) < 4.78 is 0. The zero-order chi connectivity index (χ0) is 11.0. The first-order valence-corrected chi connectivity index (χ1v) is 5.71. The number of carbonyl (C=O) groups is 2. The summed E-state index contributed by atoms with van der Waals surface area (Å²) in [5, 5.41) is 6.41. The summed E-state index contributed by atoms with van der Waals surface area (Å²) in [5.74, 6) is -0.159. The second kappa shape index (κ2) is 3.66. The Balaban J connectivity index is 2.35. The number of nitrogens with one attached hydrogen (secondary N) is 1. The molecule has 15 heavy (non-hydrogen) atoms. The van der Waals surface area contributed by atoms with Crippen LogP contribution in [0.3, 0.4) is 0 Å². The molecule has 0 spiro atoms. The standard InChI is InChI=1S/C10H12N2O2S/c1-6-10(14)12(7(2)9(13)11-6)8-3-4-15-5-8/h3-7H,1-2H3,(H,11,13). The molecule has 1 aromatic heterocycles. The summed E-state index contributed by atoms with van der Waals surface area (Å²) in [6.07, 6.45) is 0. The first kappa shape index (κ1) is 10.2. The van der Waals surface area contributed by atoms with Crippen LogP contribution in [0.1, 0.15) is 13.8 Å². The van der Waals surface area contributed by atoms with Crippen molar-refractivity contribution in [2.45, 2.75) is 25.9 Å². The monoisotopic (exact) mass is 224 g/mol. The second-order valence-electron chi connectivity index (χ2n) is 3.60. The zero-order valence-electron chi connectivity index (χ0n) is 8.56. The van der Waals surface area contributed by atoms with Crippen molar-refractivity contribution < 1.29 is 9.59 Å². The SMILES string of the molecule is CC1NC(=O)C(C)N(c2ccsc2)C1=O. The molecule has 2 amide bonds. The number of carbonyl (C=O) groups excluding carboxylic acids is 2. The maximum atomic E-state index is 11.9. The third kappa shape index (κ3) is 1.63. The van der Waals surface area contributed by atoms with Gasteiger partial charge in [0.25, 0.3) is 0 Å². The number of thiophene rings is 1. The third-order valence-electron chi connectivity index (χ3n) is 2.52. The molecule has 1 aromatic rings. The maximum absolute atomic E-state index is 11.9. The quantitative estimate of drug-likeness (QED) is 0.773. The van der Waals surface area contributed by atoms with E-state index in [1.165, 1.54) is 11.3 Å². The minimum Gasteiger partial charge on any atom is -0.343 e. The van der Waals surface area contributed by atoms with Crippen LogP contribution in [-0.2, 0) is 9.59 Å². The van der Waals surface area contributed by atoms with Gasteiger partial charge in [0, 0.05) is 5.38 Å². The number of hydrogen-bond acceptors (Lipinski definition) is 3. The van der Waals surface area contributed by atoms with Gasteiger partial charge in [0.05, 0.1) is 5.69 Å². The van der Waals surface area contributed by atoms with E-state index in [1.54, 1.807) is 18.7 Å². The molecule has 1 aliphatic rings. The van der Waals surface area contributed by atoms with Crippen molar-refractivity contribution in [3.05, 3.63) is 16.8 Å². The molecule has 1 N–H and O–H groups in total. The topological polar surface area (TPSA) is 49.4 Å². The number of nitrogens with zero attached hydrogens (tertiary/aromatic N) is 1. The van der Waals surface area contributed by atoms with Crippen LogP contribution in [0.5, 0.6) is 0 Å². The van der Waals surface area contributed by atoms with Crippen molar-refractivity contribution in [2.75, 3.05) is 4.90 Å². The van der Waals surface area contributed by atoms with E-state index < -0.39 is 12.1 Å². The van der Waals surface area contributed by atoms with Crippen LogP contribution in [0.2, 0.25) is 0 Å². The lowest BCUT2D eigenvalue weighted by molar-refractivity contribution is -0.133. The number of piperazine rings is 1. The van der Waals surface area contributed by atoms with Crippen LogP contribution in [0.25, 0.3) is 0 Å². The molecule has 80 valence electrons. The Morgan fingerprint density at radius 3 is 2.73 bits per heavy atom. The average Bonchev–Trinajstić information content (AvgIpc) is 2.69. The van der Waals surface area contributed by atoms with Gasteiger partial charge in [-0.1, -0.05) is 0 Å². The summed E-state index contributed by atoms with van der Waals surface area (Å²) in [7, 11) is 0. The van der Waals surface area contributed by atoms with Crippen molar-refractivity contribution in [3.8, 4) is 0 Å². The normalized spacial score (nSPS) is 26.7. The van der Waals surface area contributed by atoms with Crippen LogP contribution in [0.4, 0.5) is 5.69 Å². The maximum Gasteiger partial charge on any atom is 0.250 e. The lowest BCUT2D eigenvalue weighted by Crippen LogP contribution is -2.61. The Morgan fingerprint density at radius 1 is 1.40 bits per heavy atom. The van der Waals surface area contributed by atoms with Gasteiger partial charge in [-0.05, 0) is 25.3 Å². The first-order valence-electron chi connectivity index (χ1n) is 4.77. The highest BCUT2D eigenvalue weighted by Gasteiger charge is 2.36. The lowest BCUT2D eigenvalue weighted by Gasteiger charge is -2.35. The van der Waals surface area contributed by atoms with Crippen LogP contribution in [0.15, 0.2) is 16.8 Å². The fraction of sp³-hybridized carbons (Fsp3) is 0.400. The molecule has 5 heteroatoms. The highest BCUT2D eigenvalue weighted by molar-refractivity contribution is 7.08. The summed E-state index contributed by atoms with van der Waals surface area (Å²) >= 11 is 1.51. The summed E-state index contributed by atoms with van der Waals surface area (Å²) in [6, 6.07) is 0.988. The van der Waals surface area contributed by atoms with Crippen LogP contribution >= 0.6 is 11.3 Å². The van der Waals surface area contributed by atoms with Gasteiger partial charge in [0.2, 0.25) is 11.8 Å². The van der Waals surface area contributed by atoms with Gasteiger partial charge in [0.15, 0.2) is 0 Å². The zero-order valence-corrected chi connectivity index (χ0v) is 9.38. The molecule has 0 saturated carbocycles. The second-order valence-corrected chi connectivity index (χ2v) is 4.38. The van der Waals surface area contributed by atoms with Gasteiger partial charge < -0.3 is 5.32 Å². The highest BCUT2D eigenvalue weighted by atomic mass is 32.1. The summed E-state index contributed by atoms with van der Waals surface area (Å²) in [6.45, 7) is 3.43. The number of amides is 2. The molecule has 4 nitrogen and oxygen atoms in total. The van der Waals surface area contributed by atoms with Crippen molar-refractivity contribution in [1.82, 2.24) is 5.32 Å². The van der Waals surface area contributed by atoms with Gasteiger partial charge in [0.1, 0.15) is 12.1 Å². The average molecular weight is 224 g/mol. The Morgan fingerprint density at radius 2 is 2.13 bits per heavy atom. The Hall–Kier alpha value is -1.36. The molecular weight excluding hydrogens is 212 g/mol. The molecule has 2 unspecified atom stereocenters. The van der Waals surface area contributed by atoms with E-state index in [2.05, 4.69) is 5.32 Å². The largest absolute Gasteiger partial charge is 0.343 e. The van der Waals surface area contributed by atoms with E-state index in [9.17, 15) is 9.59 Å². The molecule has 0 aliphatic carbocycles. The van der Waals surface area contributed by atoms with Crippen molar-refractivity contribution in [2.24, 2.45) is 0 Å². The van der Waals surface area contributed by atoms with Crippen molar-refractivity contribution in [3.63, 3.8) is 0 Å². The minimum atomic E-state index is -0.436. The summed E-state index contributed by atoms with van der Waals surface area (Å²) in [4.78, 5) is 25.0. The van der Waals surface area contributed by atoms with Crippen LogP contribution < -0.4 is 10.2 Å². The molecule has 2 atom stereocenters. The van der Waals surface area contributed by atoms with Crippen LogP contribution in [-0.4, -0.2) is 23.9 Å². The number of hydrogen-bond donors (Lipinski definition) is 1. The lowest BCUT2D eigenvalue weighted by atomic mass is 10.1. The van der Waals surface area contributed by atoms with Crippen molar-refractivity contribution >= 4 is 28.8 Å². The molecule has 1 fully saturated rings. The van der Waals surface area contributed by atoms with Gasteiger partial charge in [-0.25, -0.2) is 0 Å². The Bertz CT molecular complexity index is 388. The molecule has 0 bridgehead atoms. The van der Waals surface area contributed by atoms with E-state index in [4.69, 9.17) is 0 Å². The summed E-state index contributed by atoms with van der Waals surface area (Å²) in [5.41, 5.74) is 0.805. The number of anilines is 1. The smallest absolute Gasteiger partial charge is 0.250 e. The fourth-order valence-electron chi connectivity index (χ4n) is 1.66. The highest BCUT2D eigenvalue weighted by Crippen LogP contribution is 2.23.